The summed E-state index contributed by atoms with van der Waals surface area (Å²) in [4.78, 5) is 21.6. The van der Waals surface area contributed by atoms with Crippen molar-refractivity contribution in [3.63, 3.8) is 0 Å². The van der Waals surface area contributed by atoms with Crippen LogP contribution in [0.3, 0.4) is 0 Å². The standard InChI is InChI=1S/C8H14O4/c1-4-5(2)6(7(9)10)8(11)12-3/h5-6H,4H2,1-3H3,(H,9,10). The van der Waals surface area contributed by atoms with Gasteiger partial charge in [0.05, 0.1) is 7.11 Å². The molecule has 0 saturated heterocycles. The molecule has 4 heteroatoms. The Morgan fingerprint density at radius 1 is 1.50 bits per heavy atom. The van der Waals surface area contributed by atoms with E-state index in [0.717, 1.165) is 0 Å². The molecule has 70 valence electrons. The number of carbonyl (C=O) groups excluding carboxylic acids is 1. The number of carboxylic acid groups (broad SMARTS) is 1. The normalized spacial score (nSPS) is 14.9. The van der Waals surface area contributed by atoms with Crippen molar-refractivity contribution in [2.45, 2.75) is 20.3 Å². The second-order valence-corrected chi connectivity index (χ2v) is 2.72. The van der Waals surface area contributed by atoms with Gasteiger partial charge in [-0.2, -0.15) is 0 Å². The molecule has 12 heavy (non-hydrogen) atoms. The van der Waals surface area contributed by atoms with Crippen LogP contribution in [-0.2, 0) is 14.3 Å². The van der Waals surface area contributed by atoms with Crippen LogP contribution in [0.5, 0.6) is 0 Å². The first-order chi connectivity index (χ1) is 5.54. The van der Waals surface area contributed by atoms with Crippen molar-refractivity contribution in [2.75, 3.05) is 7.11 Å². The molecule has 0 aliphatic rings. The molecular formula is C8H14O4. The van der Waals surface area contributed by atoms with Crippen LogP contribution in [0.2, 0.25) is 0 Å². The lowest BCUT2D eigenvalue weighted by atomic mass is 9.92. The minimum atomic E-state index is -1.11. The average molecular weight is 174 g/mol. The highest BCUT2D eigenvalue weighted by atomic mass is 16.5. The van der Waals surface area contributed by atoms with Gasteiger partial charge in [-0.1, -0.05) is 20.3 Å². The van der Waals surface area contributed by atoms with Crippen LogP contribution in [0.15, 0.2) is 0 Å². The van der Waals surface area contributed by atoms with E-state index in [9.17, 15) is 9.59 Å². The first-order valence-corrected chi connectivity index (χ1v) is 3.85. The van der Waals surface area contributed by atoms with Gasteiger partial charge < -0.3 is 9.84 Å². The van der Waals surface area contributed by atoms with E-state index < -0.39 is 17.9 Å². The highest BCUT2D eigenvalue weighted by Gasteiger charge is 2.31. The van der Waals surface area contributed by atoms with Gasteiger partial charge in [-0.15, -0.1) is 0 Å². The van der Waals surface area contributed by atoms with Crippen molar-refractivity contribution in [1.82, 2.24) is 0 Å². The summed E-state index contributed by atoms with van der Waals surface area (Å²) < 4.78 is 4.38. The molecule has 0 heterocycles. The molecule has 0 aromatic heterocycles. The third-order valence-electron chi connectivity index (χ3n) is 1.93. The number of ether oxygens (including phenoxy) is 1. The van der Waals surface area contributed by atoms with Gasteiger partial charge in [0.2, 0.25) is 0 Å². The first-order valence-electron chi connectivity index (χ1n) is 3.85. The maximum atomic E-state index is 11.0. The zero-order chi connectivity index (χ0) is 9.72. The number of rotatable bonds is 4. The van der Waals surface area contributed by atoms with E-state index in [1.54, 1.807) is 6.92 Å². The second kappa shape index (κ2) is 4.74. The molecule has 0 fully saturated rings. The van der Waals surface area contributed by atoms with E-state index >= 15 is 0 Å². The fourth-order valence-electron chi connectivity index (χ4n) is 0.939. The summed E-state index contributed by atoms with van der Waals surface area (Å²) in [5, 5.41) is 8.68. The number of esters is 1. The van der Waals surface area contributed by atoms with Crippen LogP contribution in [0.1, 0.15) is 20.3 Å². The van der Waals surface area contributed by atoms with Crippen LogP contribution < -0.4 is 0 Å². The Kier molecular flexibility index (Phi) is 4.33. The zero-order valence-corrected chi connectivity index (χ0v) is 7.53. The van der Waals surface area contributed by atoms with Gasteiger partial charge in [0.25, 0.3) is 0 Å². The SMILES string of the molecule is CCC(C)C(C(=O)O)C(=O)OC. The molecule has 0 rings (SSSR count). The molecule has 0 amide bonds. The summed E-state index contributed by atoms with van der Waals surface area (Å²) in [6, 6.07) is 0. The van der Waals surface area contributed by atoms with E-state index in [1.165, 1.54) is 7.11 Å². The van der Waals surface area contributed by atoms with Crippen molar-refractivity contribution < 1.29 is 19.4 Å². The molecule has 1 N–H and O–H groups in total. The number of hydrogen-bond donors (Lipinski definition) is 1. The highest BCUT2D eigenvalue weighted by Crippen LogP contribution is 2.16. The third kappa shape index (κ3) is 2.53. The molecule has 0 spiro atoms. The minimum Gasteiger partial charge on any atom is -0.481 e. The fourth-order valence-corrected chi connectivity index (χ4v) is 0.939. The number of methoxy groups -OCH3 is 1. The largest absolute Gasteiger partial charge is 0.481 e. The number of aliphatic carboxylic acids is 1. The number of carbonyl (C=O) groups is 2. The van der Waals surface area contributed by atoms with Crippen molar-refractivity contribution in [1.29, 1.82) is 0 Å². The Morgan fingerprint density at radius 2 is 2.00 bits per heavy atom. The highest BCUT2D eigenvalue weighted by molar-refractivity contribution is 5.94. The van der Waals surface area contributed by atoms with E-state index in [-0.39, 0.29) is 5.92 Å². The molecular weight excluding hydrogens is 160 g/mol. The quantitative estimate of drug-likeness (QED) is 0.508. The van der Waals surface area contributed by atoms with Crippen molar-refractivity contribution in [3.8, 4) is 0 Å². The molecule has 0 aromatic carbocycles. The predicted molar refractivity (Wildman–Crippen MR) is 42.6 cm³/mol. The van der Waals surface area contributed by atoms with Crippen LogP contribution in [0.4, 0.5) is 0 Å². The lowest BCUT2D eigenvalue weighted by Gasteiger charge is -2.15. The lowest BCUT2D eigenvalue weighted by molar-refractivity contribution is -0.159. The Hall–Kier alpha value is -1.06. The Balaban J connectivity index is 4.43. The van der Waals surface area contributed by atoms with E-state index in [4.69, 9.17) is 5.11 Å². The van der Waals surface area contributed by atoms with Gasteiger partial charge in [-0.05, 0) is 5.92 Å². The van der Waals surface area contributed by atoms with E-state index in [2.05, 4.69) is 4.74 Å². The molecule has 0 saturated carbocycles. The fraction of sp³-hybridized carbons (Fsp3) is 0.750. The zero-order valence-electron chi connectivity index (χ0n) is 7.53. The molecule has 2 unspecified atom stereocenters. The summed E-state index contributed by atoms with van der Waals surface area (Å²) in [6.45, 7) is 3.55. The molecule has 0 aromatic rings. The van der Waals surface area contributed by atoms with E-state index in [1.807, 2.05) is 6.92 Å². The topological polar surface area (TPSA) is 63.6 Å². The molecule has 2 atom stereocenters. The molecule has 0 aliphatic carbocycles. The summed E-state index contributed by atoms with van der Waals surface area (Å²) >= 11 is 0. The molecule has 4 nitrogen and oxygen atoms in total. The second-order valence-electron chi connectivity index (χ2n) is 2.72. The van der Waals surface area contributed by atoms with Crippen LogP contribution >= 0.6 is 0 Å². The summed E-state index contributed by atoms with van der Waals surface area (Å²) in [5.41, 5.74) is 0. The average Bonchev–Trinajstić information content (AvgIpc) is 2.03. The number of hydrogen-bond acceptors (Lipinski definition) is 3. The van der Waals surface area contributed by atoms with Gasteiger partial charge in [0, 0.05) is 0 Å². The maximum Gasteiger partial charge on any atom is 0.320 e. The van der Waals surface area contributed by atoms with Crippen molar-refractivity contribution in [3.05, 3.63) is 0 Å². The third-order valence-corrected chi connectivity index (χ3v) is 1.93. The molecule has 0 bridgehead atoms. The van der Waals surface area contributed by atoms with Gasteiger partial charge in [0.1, 0.15) is 0 Å². The summed E-state index contributed by atoms with van der Waals surface area (Å²) in [5.74, 6) is -3.00. The number of carboxylic acids is 1. The Labute approximate surface area is 71.5 Å². The lowest BCUT2D eigenvalue weighted by Crippen LogP contribution is -2.30. The summed E-state index contributed by atoms with van der Waals surface area (Å²) in [7, 11) is 1.20. The predicted octanol–water partition coefficient (Wildman–Crippen LogP) is 0.906. The maximum absolute atomic E-state index is 11.0. The van der Waals surface area contributed by atoms with Gasteiger partial charge in [0.15, 0.2) is 5.92 Å². The van der Waals surface area contributed by atoms with Gasteiger partial charge in [-0.25, -0.2) is 0 Å². The minimum absolute atomic E-state index is 0.185. The molecule has 0 aliphatic heterocycles. The van der Waals surface area contributed by atoms with Gasteiger partial charge >= 0.3 is 11.9 Å². The molecule has 0 radical (unpaired) electrons. The van der Waals surface area contributed by atoms with Crippen LogP contribution in [0.25, 0.3) is 0 Å². The van der Waals surface area contributed by atoms with Crippen LogP contribution in [0, 0.1) is 11.8 Å². The van der Waals surface area contributed by atoms with E-state index in [0.29, 0.717) is 6.42 Å². The Bertz CT molecular complexity index is 176. The monoisotopic (exact) mass is 174 g/mol. The van der Waals surface area contributed by atoms with Gasteiger partial charge in [-0.3, -0.25) is 9.59 Å². The van der Waals surface area contributed by atoms with Crippen molar-refractivity contribution in [2.24, 2.45) is 11.8 Å². The first kappa shape index (κ1) is 10.9. The Morgan fingerprint density at radius 3 is 2.25 bits per heavy atom. The smallest absolute Gasteiger partial charge is 0.320 e. The summed E-state index contributed by atoms with van der Waals surface area (Å²) in [6.07, 6.45) is 0.645. The van der Waals surface area contributed by atoms with Crippen molar-refractivity contribution >= 4 is 11.9 Å². The van der Waals surface area contributed by atoms with Crippen LogP contribution in [-0.4, -0.2) is 24.2 Å².